The summed E-state index contributed by atoms with van der Waals surface area (Å²) >= 11 is 5.97. The van der Waals surface area contributed by atoms with Crippen LogP contribution in [0.1, 0.15) is 37.7 Å². The summed E-state index contributed by atoms with van der Waals surface area (Å²) in [5.74, 6) is -0.213. The molecule has 0 spiro atoms. The highest BCUT2D eigenvalue weighted by Gasteiger charge is 2.39. The molecule has 1 aliphatic carbocycles. The van der Waals surface area contributed by atoms with E-state index in [1.54, 1.807) is 12.1 Å². The Kier molecular flexibility index (Phi) is 5.05. The van der Waals surface area contributed by atoms with Crippen molar-refractivity contribution < 1.29 is 4.39 Å². The van der Waals surface area contributed by atoms with E-state index in [1.807, 2.05) is 0 Å². The van der Waals surface area contributed by atoms with Crippen LogP contribution in [0, 0.1) is 5.82 Å². The summed E-state index contributed by atoms with van der Waals surface area (Å²) in [6, 6.07) is 4.62. The molecule has 20 heavy (non-hydrogen) atoms. The van der Waals surface area contributed by atoms with Gasteiger partial charge >= 0.3 is 0 Å². The van der Waals surface area contributed by atoms with Crippen molar-refractivity contribution in [3.05, 3.63) is 34.6 Å². The molecule has 112 valence electrons. The largest absolute Gasteiger partial charge is 0.326 e. The average Bonchev–Trinajstić information content (AvgIpc) is 2.43. The second-order valence-electron chi connectivity index (χ2n) is 6.11. The van der Waals surface area contributed by atoms with E-state index in [2.05, 4.69) is 19.0 Å². The van der Waals surface area contributed by atoms with Crippen molar-refractivity contribution in [1.82, 2.24) is 4.90 Å². The molecule has 1 atom stereocenters. The minimum atomic E-state index is -0.213. The molecule has 1 aromatic rings. The zero-order chi connectivity index (χ0) is 14.8. The second kappa shape index (κ2) is 6.42. The van der Waals surface area contributed by atoms with Gasteiger partial charge in [0.15, 0.2) is 0 Å². The molecule has 1 aromatic carbocycles. The number of likely N-dealkylation sites (N-methyl/N-ethyl adjacent to an activating group) is 1. The van der Waals surface area contributed by atoms with E-state index >= 15 is 0 Å². The van der Waals surface area contributed by atoms with Crippen LogP contribution in [0.5, 0.6) is 0 Å². The Bertz CT molecular complexity index is 456. The van der Waals surface area contributed by atoms with Crippen LogP contribution in [0.3, 0.4) is 0 Å². The standard InChI is InChI=1S/C16H24ClFN2/c1-20(2)16(8-4-3-5-9-16)15(19)11-12-10-13(17)6-7-14(12)18/h6-7,10,15H,3-5,8-9,11,19H2,1-2H3. The van der Waals surface area contributed by atoms with Crippen LogP contribution in [0.2, 0.25) is 5.02 Å². The molecule has 0 aliphatic heterocycles. The van der Waals surface area contributed by atoms with Crippen molar-refractivity contribution >= 4 is 11.6 Å². The lowest BCUT2D eigenvalue weighted by molar-refractivity contribution is 0.0713. The molecule has 1 unspecified atom stereocenters. The average molecular weight is 299 g/mol. The Balaban J connectivity index is 2.20. The molecule has 1 fully saturated rings. The first kappa shape index (κ1) is 15.7. The van der Waals surface area contributed by atoms with E-state index in [-0.39, 0.29) is 17.4 Å². The van der Waals surface area contributed by atoms with Gasteiger partial charge in [0, 0.05) is 16.6 Å². The topological polar surface area (TPSA) is 29.3 Å². The van der Waals surface area contributed by atoms with Gasteiger partial charge in [-0.3, -0.25) is 0 Å². The molecule has 0 radical (unpaired) electrons. The van der Waals surface area contributed by atoms with E-state index in [9.17, 15) is 4.39 Å². The lowest BCUT2D eigenvalue weighted by atomic mass is 9.74. The van der Waals surface area contributed by atoms with Gasteiger partial charge in [-0.25, -0.2) is 4.39 Å². The third-order valence-corrected chi connectivity index (χ3v) is 4.98. The number of benzene rings is 1. The van der Waals surface area contributed by atoms with Gasteiger partial charge in [-0.2, -0.15) is 0 Å². The third kappa shape index (κ3) is 3.16. The molecule has 4 heteroatoms. The first-order valence-corrected chi connectivity index (χ1v) is 7.70. The van der Waals surface area contributed by atoms with Crippen LogP contribution in [0.25, 0.3) is 0 Å². The lowest BCUT2D eigenvalue weighted by Gasteiger charge is -2.47. The normalized spacial score (nSPS) is 20.1. The van der Waals surface area contributed by atoms with Crippen molar-refractivity contribution in [3.63, 3.8) is 0 Å². The molecule has 2 N–H and O–H groups in total. The van der Waals surface area contributed by atoms with Gasteiger partial charge in [0.05, 0.1) is 0 Å². The maximum atomic E-state index is 13.9. The van der Waals surface area contributed by atoms with Gasteiger partial charge in [-0.05, 0) is 57.1 Å². The zero-order valence-corrected chi connectivity index (χ0v) is 13.1. The predicted molar refractivity (Wildman–Crippen MR) is 82.6 cm³/mol. The molecule has 0 aromatic heterocycles. The maximum absolute atomic E-state index is 13.9. The molecule has 1 aliphatic rings. The minimum absolute atomic E-state index is 0.0208. The Hall–Kier alpha value is -0.640. The van der Waals surface area contributed by atoms with Crippen LogP contribution < -0.4 is 5.73 Å². The maximum Gasteiger partial charge on any atom is 0.126 e. The predicted octanol–water partition coefficient (Wildman–Crippen LogP) is 3.61. The van der Waals surface area contributed by atoms with Crippen LogP contribution in [0.15, 0.2) is 18.2 Å². The molecule has 1 saturated carbocycles. The van der Waals surface area contributed by atoms with Crippen LogP contribution in [0.4, 0.5) is 4.39 Å². The molecule has 0 heterocycles. The number of hydrogen-bond donors (Lipinski definition) is 1. The van der Waals surface area contributed by atoms with Crippen molar-refractivity contribution in [2.75, 3.05) is 14.1 Å². The van der Waals surface area contributed by atoms with E-state index in [0.717, 1.165) is 12.8 Å². The van der Waals surface area contributed by atoms with Crippen molar-refractivity contribution in [2.45, 2.75) is 50.1 Å². The number of nitrogens with zero attached hydrogens (tertiary/aromatic N) is 1. The second-order valence-corrected chi connectivity index (χ2v) is 6.54. The lowest BCUT2D eigenvalue weighted by Crippen LogP contribution is -2.59. The van der Waals surface area contributed by atoms with Crippen molar-refractivity contribution in [1.29, 1.82) is 0 Å². The summed E-state index contributed by atoms with van der Waals surface area (Å²) in [7, 11) is 4.17. The van der Waals surface area contributed by atoms with E-state index in [4.69, 9.17) is 17.3 Å². The van der Waals surface area contributed by atoms with E-state index in [0.29, 0.717) is 17.0 Å². The smallest absolute Gasteiger partial charge is 0.126 e. The SMILES string of the molecule is CN(C)C1(C(N)Cc2cc(Cl)ccc2F)CCCCC1. The van der Waals surface area contributed by atoms with Crippen LogP contribution in [-0.4, -0.2) is 30.6 Å². The van der Waals surface area contributed by atoms with Gasteiger partial charge in [0.25, 0.3) is 0 Å². The Morgan fingerprint density at radius 2 is 1.95 bits per heavy atom. The molecule has 2 nitrogen and oxygen atoms in total. The number of nitrogens with two attached hydrogens (primary N) is 1. The summed E-state index contributed by atoms with van der Waals surface area (Å²) < 4.78 is 13.9. The Labute approximate surface area is 126 Å². The fourth-order valence-electron chi connectivity index (χ4n) is 3.44. The molecule has 0 bridgehead atoms. The van der Waals surface area contributed by atoms with Crippen molar-refractivity contribution in [2.24, 2.45) is 5.73 Å². The van der Waals surface area contributed by atoms with Crippen molar-refractivity contribution in [3.8, 4) is 0 Å². The number of halogens is 2. The molecular weight excluding hydrogens is 275 g/mol. The van der Waals surface area contributed by atoms with Gasteiger partial charge < -0.3 is 10.6 Å². The van der Waals surface area contributed by atoms with Crippen LogP contribution in [-0.2, 0) is 6.42 Å². The summed E-state index contributed by atoms with van der Waals surface area (Å²) in [6.07, 6.45) is 6.37. The third-order valence-electron chi connectivity index (χ3n) is 4.75. The summed E-state index contributed by atoms with van der Waals surface area (Å²) in [5.41, 5.74) is 7.09. The fourth-order valence-corrected chi connectivity index (χ4v) is 3.64. The first-order chi connectivity index (χ1) is 9.45. The van der Waals surface area contributed by atoms with Gasteiger partial charge in [0.2, 0.25) is 0 Å². The minimum Gasteiger partial charge on any atom is -0.326 e. The monoisotopic (exact) mass is 298 g/mol. The van der Waals surface area contributed by atoms with Crippen LogP contribution >= 0.6 is 11.6 Å². The molecule has 0 saturated heterocycles. The summed E-state index contributed by atoms with van der Waals surface area (Å²) in [6.45, 7) is 0. The number of hydrogen-bond acceptors (Lipinski definition) is 2. The highest BCUT2D eigenvalue weighted by molar-refractivity contribution is 6.30. The molecular formula is C16H24ClFN2. The highest BCUT2D eigenvalue weighted by atomic mass is 35.5. The Morgan fingerprint density at radius 1 is 1.30 bits per heavy atom. The summed E-state index contributed by atoms with van der Waals surface area (Å²) in [5, 5.41) is 0.566. The highest BCUT2D eigenvalue weighted by Crippen LogP contribution is 2.35. The van der Waals surface area contributed by atoms with Gasteiger partial charge in [-0.1, -0.05) is 30.9 Å². The zero-order valence-electron chi connectivity index (χ0n) is 12.3. The Morgan fingerprint density at radius 3 is 2.55 bits per heavy atom. The quantitative estimate of drug-likeness (QED) is 0.920. The summed E-state index contributed by atoms with van der Waals surface area (Å²) in [4.78, 5) is 2.24. The van der Waals surface area contributed by atoms with Gasteiger partial charge in [0.1, 0.15) is 5.82 Å². The number of rotatable bonds is 4. The first-order valence-electron chi connectivity index (χ1n) is 7.32. The van der Waals surface area contributed by atoms with E-state index < -0.39 is 0 Å². The fraction of sp³-hybridized carbons (Fsp3) is 0.625. The molecule has 2 rings (SSSR count). The van der Waals surface area contributed by atoms with Gasteiger partial charge in [-0.15, -0.1) is 0 Å². The van der Waals surface area contributed by atoms with E-state index in [1.165, 1.54) is 25.3 Å². The molecule has 0 amide bonds.